The molecule has 0 aromatic heterocycles. The summed E-state index contributed by atoms with van der Waals surface area (Å²) >= 11 is 0. The third-order valence-corrected chi connectivity index (χ3v) is 6.10. The van der Waals surface area contributed by atoms with Crippen LogP contribution in [0.4, 0.5) is 10.5 Å². The van der Waals surface area contributed by atoms with Gasteiger partial charge >= 0.3 is 6.03 Å². The van der Waals surface area contributed by atoms with E-state index in [1.165, 1.54) is 4.90 Å². The summed E-state index contributed by atoms with van der Waals surface area (Å²) < 4.78 is 5.64. The van der Waals surface area contributed by atoms with Gasteiger partial charge in [-0.3, -0.25) is 14.5 Å². The summed E-state index contributed by atoms with van der Waals surface area (Å²) in [6, 6.07) is 14.1. The topological polar surface area (TPSA) is 103 Å². The minimum atomic E-state index is -1.23. The number of hydrogen-bond acceptors (Lipinski definition) is 5. The number of hydrogen-bond donors (Lipinski definition) is 1. The number of amides is 4. The average Bonchev–Trinajstić information content (AvgIpc) is 3.01. The van der Waals surface area contributed by atoms with Gasteiger partial charge in [0.25, 0.3) is 5.91 Å². The lowest BCUT2D eigenvalue weighted by Gasteiger charge is -2.33. The molecular weight excluding hydrogens is 408 g/mol. The summed E-state index contributed by atoms with van der Waals surface area (Å²) in [5.74, 6) is -0.345. The van der Waals surface area contributed by atoms with Crippen molar-refractivity contribution in [3.63, 3.8) is 0 Å². The van der Waals surface area contributed by atoms with Gasteiger partial charge in [-0.25, -0.2) is 4.79 Å². The van der Waals surface area contributed by atoms with E-state index in [9.17, 15) is 14.4 Å². The summed E-state index contributed by atoms with van der Waals surface area (Å²) in [6.07, 6.45) is 0.419. The second kappa shape index (κ2) is 8.35. The SMILES string of the molecule is Cc1ccc(N(CCC#N)C(=O)CN2C(=O)NC3(CCOc4ccccc43)C2=O)cc1C. The Hall–Kier alpha value is -3.86. The first-order valence-corrected chi connectivity index (χ1v) is 10.5. The second-order valence-corrected chi connectivity index (χ2v) is 8.04. The van der Waals surface area contributed by atoms with E-state index in [1.54, 1.807) is 30.3 Å². The zero-order chi connectivity index (χ0) is 22.9. The van der Waals surface area contributed by atoms with E-state index in [0.29, 0.717) is 17.0 Å². The number of carbonyl (C=O) groups excluding carboxylic acids is 3. The molecule has 1 unspecified atom stereocenters. The van der Waals surface area contributed by atoms with E-state index in [-0.39, 0.29) is 26.0 Å². The summed E-state index contributed by atoms with van der Waals surface area (Å²) in [6.45, 7) is 3.95. The largest absolute Gasteiger partial charge is 0.493 e. The highest BCUT2D eigenvalue weighted by molar-refractivity contribution is 6.11. The first kappa shape index (κ1) is 21.4. The molecule has 164 valence electrons. The molecule has 4 amide bonds. The summed E-state index contributed by atoms with van der Waals surface area (Å²) in [4.78, 5) is 41.9. The summed E-state index contributed by atoms with van der Waals surface area (Å²) in [5.41, 5.74) is 2.08. The smallest absolute Gasteiger partial charge is 0.325 e. The molecule has 1 N–H and O–H groups in total. The first-order valence-electron chi connectivity index (χ1n) is 10.5. The van der Waals surface area contributed by atoms with Crippen molar-refractivity contribution in [1.29, 1.82) is 5.26 Å². The van der Waals surface area contributed by atoms with Gasteiger partial charge in [-0.05, 0) is 43.2 Å². The number of nitrogens with zero attached hydrogens (tertiary/aromatic N) is 3. The lowest BCUT2D eigenvalue weighted by molar-refractivity contribution is -0.135. The average molecular weight is 432 g/mol. The maximum Gasteiger partial charge on any atom is 0.325 e. The summed E-state index contributed by atoms with van der Waals surface area (Å²) in [5, 5.41) is 11.8. The second-order valence-electron chi connectivity index (χ2n) is 8.04. The van der Waals surface area contributed by atoms with Gasteiger partial charge in [-0.15, -0.1) is 0 Å². The monoisotopic (exact) mass is 432 g/mol. The molecule has 0 radical (unpaired) electrons. The van der Waals surface area contributed by atoms with Crippen LogP contribution in [0.15, 0.2) is 42.5 Å². The predicted octanol–water partition coefficient (Wildman–Crippen LogP) is 2.78. The highest BCUT2D eigenvalue weighted by Gasteiger charge is 2.55. The number of fused-ring (bicyclic) bond motifs is 2. The fourth-order valence-electron chi connectivity index (χ4n) is 4.19. The van der Waals surface area contributed by atoms with Crippen molar-refractivity contribution in [3.05, 3.63) is 59.2 Å². The molecule has 4 rings (SSSR count). The molecule has 1 fully saturated rings. The zero-order valence-corrected chi connectivity index (χ0v) is 18.1. The van der Waals surface area contributed by atoms with E-state index < -0.39 is 29.9 Å². The lowest BCUT2D eigenvalue weighted by atomic mass is 9.84. The van der Waals surface area contributed by atoms with Crippen LogP contribution in [0.3, 0.4) is 0 Å². The number of ether oxygens (including phenoxy) is 1. The van der Waals surface area contributed by atoms with Crippen molar-refractivity contribution >= 4 is 23.5 Å². The van der Waals surface area contributed by atoms with Crippen molar-refractivity contribution in [2.24, 2.45) is 0 Å². The van der Waals surface area contributed by atoms with Crippen LogP contribution in [-0.2, 0) is 15.1 Å². The van der Waals surface area contributed by atoms with E-state index in [2.05, 4.69) is 5.32 Å². The van der Waals surface area contributed by atoms with Crippen molar-refractivity contribution < 1.29 is 19.1 Å². The van der Waals surface area contributed by atoms with Crippen molar-refractivity contribution in [2.45, 2.75) is 32.2 Å². The Morgan fingerprint density at radius 3 is 2.75 bits per heavy atom. The molecule has 2 aromatic rings. The molecule has 1 saturated heterocycles. The number of nitriles is 1. The zero-order valence-electron chi connectivity index (χ0n) is 18.1. The van der Waals surface area contributed by atoms with Gasteiger partial charge in [0.1, 0.15) is 12.3 Å². The Balaban J connectivity index is 1.61. The number of para-hydroxylation sites is 1. The Labute approximate surface area is 186 Å². The van der Waals surface area contributed by atoms with Crippen LogP contribution in [0.25, 0.3) is 0 Å². The first-order chi connectivity index (χ1) is 15.4. The van der Waals surface area contributed by atoms with Crippen molar-refractivity contribution in [1.82, 2.24) is 10.2 Å². The number of benzene rings is 2. The molecule has 8 nitrogen and oxygen atoms in total. The molecule has 2 aliphatic rings. The van der Waals surface area contributed by atoms with E-state index in [0.717, 1.165) is 16.0 Å². The number of urea groups is 1. The molecule has 32 heavy (non-hydrogen) atoms. The number of carbonyl (C=O) groups is 3. The molecule has 0 saturated carbocycles. The molecule has 1 atom stereocenters. The van der Waals surface area contributed by atoms with Gasteiger partial charge in [0.05, 0.1) is 19.1 Å². The molecule has 2 aromatic carbocycles. The van der Waals surface area contributed by atoms with Crippen molar-refractivity contribution in [2.75, 3.05) is 24.6 Å². The third kappa shape index (κ3) is 3.56. The summed E-state index contributed by atoms with van der Waals surface area (Å²) in [7, 11) is 0. The van der Waals surface area contributed by atoms with Gasteiger partial charge < -0.3 is 15.0 Å². The fraction of sp³-hybridized carbons (Fsp3) is 0.333. The van der Waals surface area contributed by atoms with E-state index in [4.69, 9.17) is 10.00 Å². The Bertz CT molecular complexity index is 1140. The standard InChI is InChI=1S/C24H24N4O4/c1-16-8-9-18(14-17(16)2)27(12-5-11-25)21(29)15-28-22(30)24(26-23(28)31)10-13-32-20-7-4-3-6-19(20)24/h3-4,6-9,14H,5,10,12-13,15H2,1-2H3,(H,26,31). The van der Waals surface area contributed by atoms with Gasteiger partial charge in [0.2, 0.25) is 5.91 Å². The molecule has 0 aliphatic carbocycles. The fourth-order valence-corrected chi connectivity index (χ4v) is 4.19. The highest BCUT2D eigenvalue weighted by Crippen LogP contribution is 2.41. The number of rotatable bonds is 5. The molecule has 2 aliphatic heterocycles. The molecule has 8 heteroatoms. The number of imide groups is 1. The molecular formula is C24H24N4O4. The third-order valence-electron chi connectivity index (χ3n) is 6.10. The maximum absolute atomic E-state index is 13.4. The Morgan fingerprint density at radius 1 is 1.22 bits per heavy atom. The highest BCUT2D eigenvalue weighted by atomic mass is 16.5. The van der Waals surface area contributed by atoms with Gasteiger partial charge in [0.15, 0.2) is 5.54 Å². The minimum Gasteiger partial charge on any atom is -0.493 e. The van der Waals surface area contributed by atoms with E-state index >= 15 is 0 Å². The van der Waals surface area contributed by atoms with Crippen LogP contribution in [0, 0.1) is 25.2 Å². The Morgan fingerprint density at radius 2 is 2.00 bits per heavy atom. The van der Waals surface area contributed by atoms with Crippen LogP contribution in [0.2, 0.25) is 0 Å². The lowest BCUT2D eigenvalue weighted by Crippen LogP contribution is -2.48. The van der Waals surface area contributed by atoms with E-state index in [1.807, 2.05) is 32.0 Å². The maximum atomic E-state index is 13.4. The van der Waals surface area contributed by atoms with Gasteiger partial charge in [0, 0.05) is 24.2 Å². The van der Waals surface area contributed by atoms with Gasteiger partial charge in [-0.1, -0.05) is 24.3 Å². The molecule has 1 spiro atoms. The van der Waals surface area contributed by atoms with Crippen molar-refractivity contribution in [3.8, 4) is 11.8 Å². The van der Waals surface area contributed by atoms with Crippen LogP contribution < -0.4 is 15.0 Å². The minimum absolute atomic E-state index is 0.132. The molecule has 0 bridgehead atoms. The predicted molar refractivity (Wildman–Crippen MR) is 117 cm³/mol. The van der Waals surface area contributed by atoms with Crippen LogP contribution >= 0.6 is 0 Å². The number of anilines is 1. The van der Waals surface area contributed by atoms with Crippen LogP contribution in [-0.4, -0.2) is 42.4 Å². The van der Waals surface area contributed by atoms with Crippen LogP contribution in [0.5, 0.6) is 5.75 Å². The molecule has 2 heterocycles. The number of aryl methyl sites for hydroxylation is 2. The quantitative estimate of drug-likeness (QED) is 0.732. The Kier molecular flexibility index (Phi) is 5.57. The normalized spacial score (nSPS) is 19.2. The van der Waals surface area contributed by atoms with Crippen LogP contribution in [0.1, 0.15) is 29.5 Å². The number of nitrogens with one attached hydrogen (secondary N) is 1. The van der Waals surface area contributed by atoms with Gasteiger partial charge in [-0.2, -0.15) is 5.26 Å².